The van der Waals surface area contributed by atoms with Crippen LogP contribution in [0.3, 0.4) is 0 Å². The number of aromatic nitrogens is 2. The van der Waals surface area contributed by atoms with Gasteiger partial charge in [-0.25, -0.2) is 9.59 Å². The molecule has 0 aliphatic heterocycles. The molecule has 0 spiro atoms. The summed E-state index contributed by atoms with van der Waals surface area (Å²) in [7, 11) is 0. The molecule has 2 N–H and O–H groups in total. The molecule has 0 unspecified atom stereocenters. The zero-order valence-electron chi connectivity index (χ0n) is 6.70. The van der Waals surface area contributed by atoms with Gasteiger partial charge in [-0.3, -0.25) is 4.52 Å². The summed E-state index contributed by atoms with van der Waals surface area (Å²) in [5, 5.41) is 10.8. The Bertz CT molecular complexity index is 349. The van der Waals surface area contributed by atoms with Gasteiger partial charge in [-0.1, -0.05) is 4.68 Å². The predicted molar refractivity (Wildman–Crippen MR) is 36.9 cm³/mol. The summed E-state index contributed by atoms with van der Waals surface area (Å²) in [5.41, 5.74) is -1.25. The molecule has 0 aromatic carbocycles. The van der Waals surface area contributed by atoms with Crippen LogP contribution in [0.15, 0.2) is 9.32 Å². The highest BCUT2D eigenvalue weighted by molar-refractivity contribution is 5.82. The van der Waals surface area contributed by atoms with Crippen molar-refractivity contribution < 1.29 is 19.1 Å². The summed E-state index contributed by atoms with van der Waals surface area (Å²) in [6.45, 7) is 3.47. The van der Waals surface area contributed by atoms with E-state index in [2.05, 4.69) is 9.79 Å². The molecule has 0 atom stereocenters. The van der Waals surface area contributed by atoms with Crippen molar-refractivity contribution in [3.05, 3.63) is 16.1 Å². The maximum Gasteiger partial charge on any atom is 0.442 e. The van der Waals surface area contributed by atoms with E-state index in [0.717, 1.165) is 4.68 Å². The third-order valence-corrected chi connectivity index (χ3v) is 1.39. The molecule has 1 aromatic rings. The van der Waals surface area contributed by atoms with Gasteiger partial charge in [0, 0.05) is 0 Å². The van der Waals surface area contributed by atoms with Gasteiger partial charge in [0.1, 0.15) is 0 Å². The molecule has 12 heavy (non-hydrogen) atoms. The number of carboxylic acids is 1. The second-order valence-corrected chi connectivity index (χ2v) is 2.60. The van der Waals surface area contributed by atoms with Gasteiger partial charge in [0.25, 0.3) is 0 Å². The van der Waals surface area contributed by atoms with Crippen molar-refractivity contribution in [2.24, 2.45) is 0 Å². The summed E-state index contributed by atoms with van der Waals surface area (Å²) in [6, 6.07) is -0.150. The molecule has 0 saturated heterocycles. The Hall–Kier alpha value is -1.59. The molecule has 0 bridgehead atoms. The zero-order chi connectivity index (χ0) is 9.30. The Kier molecular flexibility index (Phi) is 1.99. The average molecular weight is 173 g/mol. The molecular formula is C6H9N2O4+. The minimum absolute atomic E-state index is 0.150. The summed E-state index contributed by atoms with van der Waals surface area (Å²) >= 11 is 0. The van der Waals surface area contributed by atoms with Crippen molar-refractivity contribution in [2.75, 3.05) is 0 Å². The van der Waals surface area contributed by atoms with E-state index in [4.69, 9.17) is 5.11 Å². The third-order valence-electron chi connectivity index (χ3n) is 1.39. The van der Waals surface area contributed by atoms with Gasteiger partial charge in [0.15, 0.2) is 6.04 Å². The molecule has 0 fully saturated rings. The lowest BCUT2D eigenvalue weighted by Crippen LogP contribution is -2.45. The van der Waals surface area contributed by atoms with Crippen LogP contribution in [0.4, 0.5) is 0 Å². The van der Waals surface area contributed by atoms with Gasteiger partial charge in [-0.05, 0) is 19.1 Å². The highest BCUT2D eigenvalue weighted by Gasteiger charge is 2.30. The van der Waals surface area contributed by atoms with E-state index in [-0.39, 0.29) is 11.7 Å². The molecule has 0 saturated carbocycles. The molecular weight excluding hydrogens is 164 g/mol. The largest absolute Gasteiger partial charge is 0.473 e. The minimum Gasteiger partial charge on any atom is -0.473 e. The molecule has 6 nitrogen and oxygen atoms in total. The molecule has 66 valence electrons. The van der Waals surface area contributed by atoms with Crippen LogP contribution in [0.5, 0.6) is 0 Å². The highest BCUT2D eigenvalue weighted by atomic mass is 16.5. The van der Waals surface area contributed by atoms with Crippen LogP contribution in [-0.4, -0.2) is 16.3 Å². The van der Waals surface area contributed by atoms with Crippen molar-refractivity contribution >= 4 is 5.97 Å². The summed E-state index contributed by atoms with van der Waals surface area (Å²) in [5.74, 6) is -1.29. The summed E-state index contributed by atoms with van der Waals surface area (Å²) in [6.07, 6.45) is 0. The van der Waals surface area contributed by atoms with E-state index < -0.39 is 11.6 Å². The Balaban J connectivity index is 3.31. The number of rotatable bonds is 2. The topological polar surface area (TPSA) is 87.2 Å². The van der Waals surface area contributed by atoms with Crippen LogP contribution in [-0.2, 0) is 0 Å². The van der Waals surface area contributed by atoms with E-state index in [1.807, 2.05) is 0 Å². The minimum atomic E-state index is -1.29. The maximum absolute atomic E-state index is 10.8. The number of H-pyrrole nitrogens is 1. The third kappa shape index (κ3) is 1.23. The second kappa shape index (κ2) is 2.80. The van der Waals surface area contributed by atoms with Gasteiger partial charge in [0.05, 0.1) is 0 Å². The highest BCUT2D eigenvalue weighted by Crippen LogP contribution is 1.91. The smallest absolute Gasteiger partial charge is 0.442 e. The number of carbonyl (C=O) groups is 1. The van der Waals surface area contributed by atoms with Gasteiger partial charge in [-0.15, -0.1) is 0 Å². The van der Waals surface area contributed by atoms with Crippen LogP contribution in [0, 0.1) is 0 Å². The van der Waals surface area contributed by atoms with Crippen LogP contribution in [0.2, 0.25) is 0 Å². The van der Waals surface area contributed by atoms with Crippen molar-refractivity contribution in [3.8, 4) is 0 Å². The van der Waals surface area contributed by atoms with Gasteiger partial charge < -0.3 is 5.11 Å². The number of carboxylic acid groups (broad SMARTS) is 1. The fourth-order valence-corrected chi connectivity index (χ4v) is 0.837. The van der Waals surface area contributed by atoms with E-state index in [9.17, 15) is 9.59 Å². The zero-order valence-corrected chi connectivity index (χ0v) is 6.70. The Morgan fingerprint density at radius 2 is 2.25 bits per heavy atom. The average Bonchev–Trinajstić information content (AvgIpc) is 2.30. The summed E-state index contributed by atoms with van der Waals surface area (Å²) < 4.78 is 5.48. The lowest BCUT2D eigenvalue weighted by atomic mass is 10.3. The molecule has 0 aliphatic rings. The fourth-order valence-electron chi connectivity index (χ4n) is 0.837. The Morgan fingerprint density at radius 1 is 1.67 bits per heavy atom. The van der Waals surface area contributed by atoms with E-state index >= 15 is 0 Å². The van der Waals surface area contributed by atoms with Gasteiger partial charge >= 0.3 is 17.3 Å². The van der Waals surface area contributed by atoms with Gasteiger partial charge in [0.2, 0.25) is 0 Å². The quantitative estimate of drug-likeness (QED) is 0.592. The van der Waals surface area contributed by atoms with Crippen molar-refractivity contribution in [3.63, 3.8) is 0 Å². The van der Waals surface area contributed by atoms with Crippen LogP contribution < -0.4 is 10.3 Å². The first-order valence-corrected chi connectivity index (χ1v) is 3.40. The Morgan fingerprint density at radius 3 is 2.58 bits per heavy atom. The number of nitrogens with zero attached hydrogens (tertiary/aromatic N) is 1. The van der Waals surface area contributed by atoms with Gasteiger partial charge in [-0.2, -0.15) is 0 Å². The normalized spacial score (nSPS) is 10.6. The number of hydrogen-bond donors (Lipinski definition) is 2. The molecule has 1 rings (SSSR count). The molecule has 1 heterocycles. The standard InChI is InChI=1S/C6H8N2O4/c1-3(2)8-4(5(9)10)6(11)12-7-8/h3H,1-2H3,(H-,7,9,10,11)/p+1. The SMILES string of the molecule is CC(C)[n+]1[nH]oc(=O)c1C(=O)O. The number of aromatic carboxylic acids is 1. The number of nitrogens with one attached hydrogen (secondary N) is 1. The van der Waals surface area contributed by atoms with E-state index in [0.29, 0.717) is 0 Å². The first-order valence-electron chi connectivity index (χ1n) is 3.40. The number of aromatic amines is 1. The maximum atomic E-state index is 10.8. The van der Waals surface area contributed by atoms with Crippen molar-refractivity contribution in [1.82, 2.24) is 5.27 Å². The molecule has 6 heteroatoms. The fraction of sp³-hybridized carbons (Fsp3) is 0.500. The Labute approximate surface area is 67.4 Å². The van der Waals surface area contributed by atoms with Crippen molar-refractivity contribution in [2.45, 2.75) is 19.9 Å². The lowest BCUT2D eigenvalue weighted by Gasteiger charge is -1.92. The van der Waals surface area contributed by atoms with E-state index in [1.165, 1.54) is 0 Å². The van der Waals surface area contributed by atoms with Crippen LogP contribution in [0.25, 0.3) is 0 Å². The first-order chi connectivity index (χ1) is 5.54. The van der Waals surface area contributed by atoms with Crippen LogP contribution >= 0.6 is 0 Å². The van der Waals surface area contributed by atoms with E-state index in [1.54, 1.807) is 13.8 Å². The number of hydrogen-bond acceptors (Lipinski definition) is 3. The molecule has 0 radical (unpaired) electrons. The second-order valence-electron chi connectivity index (χ2n) is 2.60. The van der Waals surface area contributed by atoms with Crippen LogP contribution in [0.1, 0.15) is 30.4 Å². The molecule has 1 aromatic heterocycles. The lowest BCUT2D eigenvalue weighted by molar-refractivity contribution is -0.781. The monoisotopic (exact) mass is 173 g/mol. The summed E-state index contributed by atoms with van der Waals surface area (Å²) in [4.78, 5) is 21.3. The first kappa shape index (κ1) is 8.51. The molecule has 0 amide bonds. The predicted octanol–water partition coefficient (Wildman–Crippen LogP) is -0.465. The molecule has 0 aliphatic carbocycles. The van der Waals surface area contributed by atoms with Crippen molar-refractivity contribution in [1.29, 1.82) is 0 Å².